The Morgan fingerprint density at radius 1 is 1.17 bits per heavy atom. The molecule has 29 heavy (non-hydrogen) atoms. The summed E-state index contributed by atoms with van der Waals surface area (Å²) in [6.45, 7) is 0.247. The van der Waals surface area contributed by atoms with E-state index in [1.807, 2.05) is 36.4 Å². The van der Waals surface area contributed by atoms with Crippen LogP contribution in [0, 0.1) is 10.1 Å². The van der Waals surface area contributed by atoms with Crippen LogP contribution in [-0.2, 0) is 20.8 Å². The van der Waals surface area contributed by atoms with Gasteiger partial charge in [0, 0.05) is 10.6 Å². The van der Waals surface area contributed by atoms with E-state index in [1.165, 1.54) is 0 Å². The highest BCUT2D eigenvalue weighted by Crippen LogP contribution is 2.33. The van der Waals surface area contributed by atoms with Crippen LogP contribution in [0.2, 0.25) is 5.02 Å². The van der Waals surface area contributed by atoms with Crippen molar-refractivity contribution >= 4 is 23.6 Å². The predicted octanol–water partition coefficient (Wildman–Crippen LogP) is 4.24. The molecule has 0 unspecified atom stereocenters. The monoisotopic (exact) mass is 417 g/mol. The lowest BCUT2D eigenvalue weighted by molar-refractivity contribution is -0.757. The van der Waals surface area contributed by atoms with Crippen molar-refractivity contribution in [1.29, 1.82) is 0 Å². The third-order valence-corrected chi connectivity index (χ3v) is 4.71. The molecule has 0 N–H and O–H groups in total. The number of hydrogen-bond acceptors (Lipinski definition) is 6. The molecule has 2 aromatic rings. The molecule has 1 aliphatic heterocycles. The number of hydrogen-bond donors (Lipinski definition) is 0. The second-order valence-electron chi connectivity index (χ2n) is 6.50. The molecule has 1 heterocycles. The SMILES string of the molecule is O=C(OCCCCO[N+](=O)[O-])C1=Cc2cc(Cl)c(Cc3ccccc3)cc2OC1. The molecule has 152 valence electrons. The summed E-state index contributed by atoms with van der Waals surface area (Å²) in [5.41, 5.74) is 3.22. The standard InChI is InChI=1S/C21H20ClNO6/c22-19-12-17-11-18(21(24)27-8-4-5-9-29-23(25)26)14-28-20(17)13-16(19)10-15-6-2-1-3-7-15/h1-3,6-7,11-13H,4-5,8-10,14H2. The van der Waals surface area contributed by atoms with Crippen LogP contribution in [0.1, 0.15) is 29.5 Å². The van der Waals surface area contributed by atoms with Gasteiger partial charge in [0.15, 0.2) is 0 Å². The molecular weight excluding hydrogens is 398 g/mol. The van der Waals surface area contributed by atoms with E-state index in [0.29, 0.717) is 35.6 Å². The molecule has 0 saturated carbocycles. The Kier molecular flexibility index (Phi) is 7.08. The summed E-state index contributed by atoms with van der Waals surface area (Å²) >= 11 is 6.43. The summed E-state index contributed by atoms with van der Waals surface area (Å²) in [7, 11) is 0. The average Bonchev–Trinajstić information content (AvgIpc) is 2.71. The molecule has 8 heteroatoms. The van der Waals surface area contributed by atoms with Crippen LogP contribution in [-0.4, -0.2) is 30.9 Å². The number of nitrogens with zero attached hydrogens (tertiary/aromatic N) is 1. The smallest absolute Gasteiger partial charge is 0.337 e. The van der Waals surface area contributed by atoms with E-state index < -0.39 is 11.1 Å². The summed E-state index contributed by atoms with van der Waals surface area (Å²) in [6, 6.07) is 13.7. The van der Waals surface area contributed by atoms with E-state index in [-0.39, 0.29) is 19.8 Å². The Morgan fingerprint density at radius 2 is 1.93 bits per heavy atom. The van der Waals surface area contributed by atoms with E-state index in [2.05, 4.69) is 4.84 Å². The lowest BCUT2D eigenvalue weighted by Crippen LogP contribution is -2.18. The minimum Gasteiger partial charge on any atom is -0.488 e. The van der Waals surface area contributed by atoms with Crippen molar-refractivity contribution in [3.63, 3.8) is 0 Å². The zero-order valence-corrected chi connectivity index (χ0v) is 16.4. The number of halogens is 1. The molecule has 0 atom stereocenters. The number of rotatable bonds is 9. The molecule has 1 aliphatic rings. The van der Waals surface area contributed by atoms with Crippen LogP contribution in [0.25, 0.3) is 6.08 Å². The zero-order valence-electron chi connectivity index (χ0n) is 15.6. The fourth-order valence-corrected chi connectivity index (χ4v) is 3.14. The lowest BCUT2D eigenvalue weighted by Gasteiger charge is -2.19. The number of esters is 1. The first-order valence-electron chi connectivity index (χ1n) is 9.17. The van der Waals surface area contributed by atoms with Gasteiger partial charge in [-0.25, -0.2) is 4.79 Å². The van der Waals surface area contributed by atoms with Crippen molar-refractivity contribution in [2.24, 2.45) is 0 Å². The van der Waals surface area contributed by atoms with Crippen molar-refractivity contribution < 1.29 is 24.2 Å². The molecule has 0 aliphatic carbocycles. The van der Waals surface area contributed by atoms with Gasteiger partial charge in [0.05, 0.1) is 18.8 Å². The molecule has 0 bridgehead atoms. The highest BCUT2D eigenvalue weighted by molar-refractivity contribution is 6.31. The second-order valence-corrected chi connectivity index (χ2v) is 6.91. The van der Waals surface area contributed by atoms with Crippen LogP contribution in [0.4, 0.5) is 0 Å². The Hall–Kier alpha value is -3.06. The predicted molar refractivity (Wildman–Crippen MR) is 107 cm³/mol. The van der Waals surface area contributed by atoms with Crippen LogP contribution in [0.3, 0.4) is 0 Å². The van der Waals surface area contributed by atoms with Gasteiger partial charge in [-0.05, 0) is 48.6 Å². The normalized spacial score (nSPS) is 12.4. The first-order chi connectivity index (χ1) is 14.0. The van der Waals surface area contributed by atoms with E-state index >= 15 is 0 Å². The molecule has 0 spiro atoms. The molecule has 0 amide bonds. The van der Waals surface area contributed by atoms with Crippen molar-refractivity contribution in [3.05, 3.63) is 79.9 Å². The Morgan fingerprint density at radius 3 is 2.69 bits per heavy atom. The minimum absolute atomic E-state index is 0.0203. The highest BCUT2D eigenvalue weighted by Gasteiger charge is 2.20. The van der Waals surface area contributed by atoms with Crippen LogP contribution in [0.5, 0.6) is 5.75 Å². The minimum atomic E-state index is -0.843. The molecule has 7 nitrogen and oxygen atoms in total. The van der Waals surface area contributed by atoms with Gasteiger partial charge in [0.25, 0.3) is 5.09 Å². The Balaban J connectivity index is 1.58. The summed E-state index contributed by atoms with van der Waals surface area (Å²) in [5, 5.41) is 9.81. The molecule has 0 radical (unpaired) electrons. The summed E-state index contributed by atoms with van der Waals surface area (Å²) in [5.74, 6) is 0.198. The number of unbranched alkanes of at least 4 members (excludes halogenated alkanes) is 1. The zero-order chi connectivity index (χ0) is 20.6. The quantitative estimate of drug-likeness (QED) is 0.262. The third-order valence-electron chi connectivity index (χ3n) is 4.36. The largest absolute Gasteiger partial charge is 0.488 e. The fourth-order valence-electron chi connectivity index (χ4n) is 2.90. The Labute approximate surface area is 172 Å². The summed E-state index contributed by atoms with van der Waals surface area (Å²) < 4.78 is 10.9. The number of carbonyl (C=O) groups excluding carboxylic acids is 1. The highest BCUT2D eigenvalue weighted by atomic mass is 35.5. The fraction of sp³-hybridized carbons (Fsp3) is 0.286. The first-order valence-corrected chi connectivity index (χ1v) is 9.55. The van der Waals surface area contributed by atoms with Crippen molar-refractivity contribution in [1.82, 2.24) is 0 Å². The van der Waals surface area contributed by atoms with Crippen LogP contribution >= 0.6 is 11.6 Å². The van der Waals surface area contributed by atoms with E-state index in [1.54, 1.807) is 12.1 Å². The summed E-state index contributed by atoms with van der Waals surface area (Å²) in [4.78, 5) is 26.5. The van der Waals surface area contributed by atoms with Gasteiger partial charge in [-0.2, -0.15) is 0 Å². The molecule has 2 aromatic carbocycles. The maximum Gasteiger partial charge on any atom is 0.337 e. The Bertz CT molecular complexity index is 913. The van der Waals surface area contributed by atoms with E-state index in [9.17, 15) is 14.9 Å². The van der Waals surface area contributed by atoms with Gasteiger partial charge in [0.2, 0.25) is 0 Å². The van der Waals surface area contributed by atoms with Crippen LogP contribution < -0.4 is 4.74 Å². The van der Waals surface area contributed by atoms with Gasteiger partial charge in [0.1, 0.15) is 12.4 Å². The lowest BCUT2D eigenvalue weighted by atomic mass is 10.0. The average molecular weight is 418 g/mol. The van der Waals surface area contributed by atoms with Crippen molar-refractivity contribution in [3.8, 4) is 5.75 Å². The van der Waals surface area contributed by atoms with E-state index in [0.717, 1.165) is 16.7 Å². The first kappa shape index (κ1) is 20.7. The van der Waals surface area contributed by atoms with Crippen molar-refractivity contribution in [2.45, 2.75) is 19.3 Å². The maximum absolute atomic E-state index is 12.2. The van der Waals surface area contributed by atoms with Gasteiger partial charge >= 0.3 is 5.97 Å². The van der Waals surface area contributed by atoms with Gasteiger partial charge in [-0.1, -0.05) is 41.9 Å². The molecule has 0 saturated heterocycles. The molecular formula is C21H20ClNO6. The van der Waals surface area contributed by atoms with Gasteiger partial charge in [-0.3, -0.25) is 0 Å². The number of fused-ring (bicyclic) bond motifs is 1. The maximum atomic E-state index is 12.2. The number of ether oxygens (including phenoxy) is 2. The topological polar surface area (TPSA) is 87.9 Å². The second kappa shape index (κ2) is 9.93. The number of benzene rings is 2. The summed E-state index contributed by atoms with van der Waals surface area (Å²) in [6.07, 6.45) is 3.30. The van der Waals surface area contributed by atoms with Gasteiger partial charge < -0.3 is 14.3 Å². The van der Waals surface area contributed by atoms with Gasteiger partial charge in [-0.15, -0.1) is 10.1 Å². The molecule has 3 rings (SSSR count). The third kappa shape index (κ3) is 5.96. The van der Waals surface area contributed by atoms with Crippen molar-refractivity contribution in [2.75, 3.05) is 19.8 Å². The van der Waals surface area contributed by atoms with E-state index in [4.69, 9.17) is 21.1 Å². The molecule has 0 fully saturated rings. The molecule has 0 aromatic heterocycles. The number of carbonyl (C=O) groups is 1. The van der Waals surface area contributed by atoms with Crippen LogP contribution in [0.15, 0.2) is 48.0 Å².